The van der Waals surface area contributed by atoms with Gasteiger partial charge in [-0.2, -0.15) is 0 Å². The fraction of sp³-hybridized carbons (Fsp3) is 0.417. The number of nitrogens with one attached hydrogen (secondary N) is 1. The van der Waals surface area contributed by atoms with Gasteiger partial charge in [-0.25, -0.2) is 0 Å². The molecule has 106 valence electrons. The number of benzene rings is 1. The molecule has 0 aliphatic carbocycles. The Labute approximate surface area is 125 Å². The molecule has 4 nitrogen and oxygen atoms in total. The molecule has 1 aromatic rings. The van der Waals surface area contributed by atoms with Crippen LogP contribution in [0.4, 0.5) is 5.69 Å². The smallest absolute Gasteiger partial charge is 0.251 e. The molecule has 2 unspecified atom stereocenters. The molecule has 19 heavy (non-hydrogen) atoms. The normalized spacial score (nSPS) is 13.9. The zero-order valence-corrected chi connectivity index (χ0v) is 13.0. The third-order valence-corrected chi connectivity index (χ3v) is 3.99. The lowest BCUT2D eigenvalue weighted by Gasteiger charge is -2.14. The Morgan fingerprint density at radius 1 is 1.42 bits per heavy atom. The maximum Gasteiger partial charge on any atom is 0.251 e. The van der Waals surface area contributed by atoms with E-state index in [-0.39, 0.29) is 27.7 Å². The van der Waals surface area contributed by atoms with Gasteiger partial charge in [0.25, 0.3) is 5.91 Å². The first-order valence-electron chi connectivity index (χ1n) is 5.66. The Balaban J connectivity index is 2.70. The summed E-state index contributed by atoms with van der Waals surface area (Å²) in [7, 11) is -0.866. The highest BCUT2D eigenvalue weighted by molar-refractivity contribution is 7.84. The highest BCUT2D eigenvalue weighted by Gasteiger charge is 2.13. The average molecular weight is 323 g/mol. The van der Waals surface area contributed by atoms with Crippen molar-refractivity contribution in [1.29, 1.82) is 0 Å². The van der Waals surface area contributed by atoms with E-state index in [1.165, 1.54) is 12.1 Å². The summed E-state index contributed by atoms with van der Waals surface area (Å²) < 4.78 is 11.0. The predicted octanol–water partition coefficient (Wildman–Crippen LogP) is 2.46. The molecule has 2 atom stereocenters. The van der Waals surface area contributed by atoms with Crippen molar-refractivity contribution >= 4 is 45.6 Å². The molecule has 3 N–H and O–H groups in total. The number of amides is 1. The summed E-state index contributed by atoms with van der Waals surface area (Å²) in [5, 5.41) is 3.29. The molecule has 0 spiro atoms. The molecule has 7 heteroatoms. The number of nitrogen functional groups attached to an aromatic ring is 1. The predicted molar refractivity (Wildman–Crippen MR) is 81.4 cm³/mol. The van der Waals surface area contributed by atoms with Crippen LogP contribution in [0.5, 0.6) is 0 Å². The zero-order chi connectivity index (χ0) is 14.6. The van der Waals surface area contributed by atoms with E-state index in [2.05, 4.69) is 5.32 Å². The van der Waals surface area contributed by atoms with Crippen LogP contribution >= 0.6 is 23.2 Å². The Morgan fingerprint density at radius 3 is 2.42 bits per heavy atom. The second-order valence-corrected chi connectivity index (χ2v) is 6.66. The van der Waals surface area contributed by atoms with E-state index < -0.39 is 10.8 Å². The minimum Gasteiger partial charge on any atom is -0.396 e. The van der Waals surface area contributed by atoms with Gasteiger partial charge in [0.1, 0.15) is 0 Å². The SMILES string of the molecule is CC(CCS(C)=O)NC(=O)c1cc(Cl)c(N)c(Cl)c1. The molecule has 1 rings (SSSR count). The number of rotatable bonds is 5. The van der Waals surface area contributed by atoms with E-state index in [9.17, 15) is 9.00 Å². The van der Waals surface area contributed by atoms with Crippen LogP contribution in [0.15, 0.2) is 12.1 Å². The van der Waals surface area contributed by atoms with Crippen molar-refractivity contribution < 1.29 is 9.00 Å². The van der Waals surface area contributed by atoms with Gasteiger partial charge in [0.2, 0.25) is 0 Å². The highest BCUT2D eigenvalue weighted by Crippen LogP contribution is 2.28. The van der Waals surface area contributed by atoms with Crippen molar-refractivity contribution in [3.63, 3.8) is 0 Å². The first kappa shape index (κ1) is 16.3. The third-order valence-electron chi connectivity index (χ3n) is 2.56. The number of hydrogen-bond donors (Lipinski definition) is 2. The van der Waals surface area contributed by atoms with E-state index in [1.807, 2.05) is 6.92 Å². The molecular formula is C12H16Cl2N2O2S. The molecule has 0 heterocycles. The lowest BCUT2D eigenvalue weighted by molar-refractivity contribution is 0.0939. The first-order chi connectivity index (χ1) is 8.81. The monoisotopic (exact) mass is 322 g/mol. The number of carbonyl (C=O) groups excluding carboxylic acids is 1. The fourth-order valence-corrected chi connectivity index (χ4v) is 2.61. The van der Waals surface area contributed by atoms with Crippen molar-refractivity contribution in [3.8, 4) is 0 Å². The van der Waals surface area contributed by atoms with Crippen molar-refractivity contribution in [2.45, 2.75) is 19.4 Å². The molecule has 0 aliphatic heterocycles. The van der Waals surface area contributed by atoms with Crippen LogP contribution in [-0.4, -0.2) is 28.2 Å². The summed E-state index contributed by atoms with van der Waals surface area (Å²) in [4.78, 5) is 12.0. The summed E-state index contributed by atoms with van der Waals surface area (Å²) in [5.41, 5.74) is 6.22. The number of carbonyl (C=O) groups is 1. The van der Waals surface area contributed by atoms with Gasteiger partial charge in [-0.15, -0.1) is 0 Å². The van der Waals surface area contributed by atoms with E-state index in [0.29, 0.717) is 17.7 Å². The Morgan fingerprint density at radius 2 is 1.95 bits per heavy atom. The Bertz CT molecular complexity index is 485. The Kier molecular flexibility index (Phi) is 6.10. The molecule has 0 radical (unpaired) electrons. The van der Waals surface area contributed by atoms with Crippen molar-refractivity contribution in [3.05, 3.63) is 27.7 Å². The second-order valence-electron chi connectivity index (χ2n) is 4.29. The number of nitrogens with two attached hydrogens (primary N) is 1. The molecule has 0 saturated heterocycles. The third kappa shape index (κ3) is 5.01. The molecule has 0 fully saturated rings. The second kappa shape index (κ2) is 7.12. The van der Waals surface area contributed by atoms with Gasteiger partial charge in [-0.1, -0.05) is 23.2 Å². The van der Waals surface area contributed by atoms with Crippen LogP contribution < -0.4 is 11.1 Å². The van der Waals surface area contributed by atoms with Crippen LogP contribution in [0.3, 0.4) is 0 Å². The van der Waals surface area contributed by atoms with E-state index in [1.54, 1.807) is 6.26 Å². The summed E-state index contributed by atoms with van der Waals surface area (Å²) >= 11 is 11.7. The summed E-state index contributed by atoms with van der Waals surface area (Å²) in [6.07, 6.45) is 2.28. The number of hydrogen-bond acceptors (Lipinski definition) is 3. The zero-order valence-electron chi connectivity index (χ0n) is 10.7. The highest BCUT2D eigenvalue weighted by atomic mass is 35.5. The largest absolute Gasteiger partial charge is 0.396 e. The van der Waals surface area contributed by atoms with Crippen molar-refractivity contribution in [2.24, 2.45) is 0 Å². The van der Waals surface area contributed by atoms with Crippen LogP contribution in [-0.2, 0) is 10.8 Å². The maximum atomic E-state index is 12.0. The number of halogens is 2. The number of anilines is 1. The van der Waals surface area contributed by atoms with Gasteiger partial charge in [0, 0.05) is 34.4 Å². The van der Waals surface area contributed by atoms with E-state index in [0.717, 1.165) is 0 Å². The van der Waals surface area contributed by atoms with Gasteiger partial charge >= 0.3 is 0 Å². The maximum absolute atomic E-state index is 12.0. The molecule has 1 aromatic carbocycles. The standard InChI is InChI=1S/C12H16Cl2N2O2S/c1-7(3-4-19(2)18)16-12(17)8-5-9(13)11(15)10(14)6-8/h5-7H,3-4,15H2,1-2H3,(H,16,17). The van der Waals surface area contributed by atoms with Crippen LogP contribution in [0.25, 0.3) is 0 Å². The van der Waals surface area contributed by atoms with Gasteiger partial charge < -0.3 is 11.1 Å². The summed E-state index contributed by atoms with van der Waals surface area (Å²) in [5.74, 6) is 0.267. The quantitative estimate of drug-likeness (QED) is 0.818. The minimum atomic E-state index is -0.866. The summed E-state index contributed by atoms with van der Waals surface area (Å²) in [6, 6.07) is 2.87. The lowest BCUT2D eigenvalue weighted by atomic mass is 10.1. The topological polar surface area (TPSA) is 72.2 Å². The van der Waals surface area contributed by atoms with Crippen LogP contribution in [0.2, 0.25) is 10.0 Å². The van der Waals surface area contributed by atoms with E-state index in [4.69, 9.17) is 28.9 Å². The molecule has 0 aliphatic rings. The molecule has 0 saturated carbocycles. The first-order valence-corrected chi connectivity index (χ1v) is 8.15. The molecule has 1 amide bonds. The summed E-state index contributed by atoms with van der Waals surface area (Å²) in [6.45, 7) is 1.85. The van der Waals surface area contributed by atoms with Gasteiger partial charge in [-0.3, -0.25) is 9.00 Å². The van der Waals surface area contributed by atoms with Gasteiger partial charge in [0.15, 0.2) is 0 Å². The van der Waals surface area contributed by atoms with Crippen molar-refractivity contribution in [2.75, 3.05) is 17.7 Å². The van der Waals surface area contributed by atoms with E-state index >= 15 is 0 Å². The molecule has 0 bridgehead atoms. The molecule has 0 aromatic heterocycles. The van der Waals surface area contributed by atoms with Crippen molar-refractivity contribution in [1.82, 2.24) is 5.32 Å². The average Bonchev–Trinajstić information content (AvgIpc) is 2.32. The van der Waals surface area contributed by atoms with Crippen LogP contribution in [0, 0.1) is 0 Å². The van der Waals surface area contributed by atoms with Gasteiger partial charge in [-0.05, 0) is 25.5 Å². The fourth-order valence-electron chi connectivity index (χ4n) is 1.44. The van der Waals surface area contributed by atoms with Gasteiger partial charge in [0.05, 0.1) is 15.7 Å². The molecular weight excluding hydrogens is 307 g/mol. The minimum absolute atomic E-state index is 0.0773. The van der Waals surface area contributed by atoms with Crippen LogP contribution in [0.1, 0.15) is 23.7 Å². The Hall–Kier alpha value is -0.780. The lowest BCUT2D eigenvalue weighted by Crippen LogP contribution is -2.33.